The van der Waals surface area contributed by atoms with Crippen molar-refractivity contribution in [3.8, 4) is 11.1 Å². The minimum Gasteiger partial charge on any atom is -0.354 e. The van der Waals surface area contributed by atoms with Crippen LogP contribution in [0.4, 0.5) is 5.82 Å². The molecule has 3 aromatic rings. The number of benzene rings is 1. The van der Waals surface area contributed by atoms with Crippen molar-refractivity contribution in [3.63, 3.8) is 0 Å². The number of piperazine rings is 1. The van der Waals surface area contributed by atoms with Gasteiger partial charge in [0.1, 0.15) is 5.82 Å². The van der Waals surface area contributed by atoms with E-state index >= 15 is 0 Å². The summed E-state index contributed by atoms with van der Waals surface area (Å²) in [5, 5.41) is 0.862. The zero-order chi connectivity index (χ0) is 20.6. The van der Waals surface area contributed by atoms with Crippen LogP contribution < -0.4 is 4.90 Å². The molecule has 0 aliphatic carbocycles. The number of pyridine rings is 1. The van der Waals surface area contributed by atoms with Gasteiger partial charge in [0.05, 0.1) is 5.75 Å². The van der Waals surface area contributed by atoms with Gasteiger partial charge in [-0.2, -0.15) is 0 Å². The molecule has 7 heteroatoms. The van der Waals surface area contributed by atoms with Gasteiger partial charge in [0, 0.05) is 37.8 Å². The second-order valence-electron chi connectivity index (χ2n) is 8.21. The van der Waals surface area contributed by atoms with Crippen molar-refractivity contribution < 1.29 is 8.42 Å². The zero-order valence-electron chi connectivity index (χ0n) is 17.2. The second kappa shape index (κ2) is 7.80. The number of anilines is 1. The third-order valence-electron chi connectivity index (χ3n) is 5.37. The van der Waals surface area contributed by atoms with Crippen LogP contribution in [0.5, 0.6) is 0 Å². The lowest BCUT2D eigenvalue weighted by molar-refractivity contribution is 0.312. The first-order valence-electron chi connectivity index (χ1n) is 10.1. The van der Waals surface area contributed by atoms with Gasteiger partial charge in [0.25, 0.3) is 0 Å². The molecule has 1 aliphatic rings. The summed E-state index contributed by atoms with van der Waals surface area (Å²) in [6.45, 7) is 7.52. The van der Waals surface area contributed by atoms with Gasteiger partial charge in [-0.1, -0.05) is 44.2 Å². The zero-order valence-corrected chi connectivity index (χ0v) is 18.1. The molecule has 0 N–H and O–H groups in total. The third kappa shape index (κ3) is 4.02. The van der Waals surface area contributed by atoms with E-state index in [9.17, 15) is 8.42 Å². The van der Waals surface area contributed by atoms with E-state index in [1.807, 2.05) is 38.1 Å². The molecule has 0 bridgehead atoms. The average molecular weight is 413 g/mol. The third-order valence-corrected chi connectivity index (χ3v) is 7.35. The largest absolute Gasteiger partial charge is 0.354 e. The molecule has 2 aromatic heterocycles. The van der Waals surface area contributed by atoms with Gasteiger partial charge in [-0.05, 0) is 36.2 Å². The Hall–Kier alpha value is -2.38. The van der Waals surface area contributed by atoms with E-state index in [2.05, 4.69) is 35.0 Å². The first-order chi connectivity index (χ1) is 13.8. The van der Waals surface area contributed by atoms with Crippen LogP contribution in [0.15, 0.2) is 48.7 Å². The van der Waals surface area contributed by atoms with E-state index in [-0.39, 0.29) is 11.7 Å². The van der Waals surface area contributed by atoms with E-state index in [0.717, 1.165) is 48.5 Å². The minimum atomic E-state index is -3.47. The van der Waals surface area contributed by atoms with Crippen LogP contribution in [0, 0.1) is 5.92 Å². The number of rotatable bonds is 5. The van der Waals surface area contributed by atoms with Crippen LogP contribution >= 0.6 is 0 Å². The molecule has 0 radical (unpaired) electrons. The van der Waals surface area contributed by atoms with Crippen LogP contribution in [0.3, 0.4) is 0 Å². The molecule has 0 unspecified atom stereocenters. The van der Waals surface area contributed by atoms with Crippen LogP contribution in [-0.4, -0.2) is 61.3 Å². The van der Waals surface area contributed by atoms with E-state index in [1.165, 1.54) is 3.97 Å². The summed E-state index contributed by atoms with van der Waals surface area (Å²) in [7, 11) is -1.35. The maximum atomic E-state index is 13.0. The maximum Gasteiger partial charge on any atom is 0.240 e. The summed E-state index contributed by atoms with van der Waals surface area (Å²) >= 11 is 0. The molecule has 1 aliphatic heterocycles. The minimum absolute atomic E-state index is 0.0480. The summed E-state index contributed by atoms with van der Waals surface area (Å²) in [6, 6.07) is 14.1. The molecule has 6 nitrogen and oxygen atoms in total. The van der Waals surface area contributed by atoms with Crippen molar-refractivity contribution in [1.29, 1.82) is 0 Å². The van der Waals surface area contributed by atoms with Crippen LogP contribution in [-0.2, 0) is 10.0 Å². The number of fused-ring (bicyclic) bond motifs is 1. The lowest BCUT2D eigenvalue weighted by Crippen LogP contribution is -2.44. The smallest absolute Gasteiger partial charge is 0.240 e. The number of nitrogens with zero attached hydrogens (tertiary/aromatic N) is 4. The molecule has 0 amide bonds. The molecule has 29 heavy (non-hydrogen) atoms. The monoisotopic (exact) mass is 412 g/mol. The van der Waals surface area contributed by atoms with Gasteiger partial charge in [0.15, 0.2) is 5.65 Å². The van der Waals surface area contributed by atoms with Crippen LogP contribution in [0.25, 0.3) is 22.2 Å². The Balaban J connectivity index is 1.90. The number of likely N-dealkylation sites (N-methyl/N-ethyl adjacent to an activating group) is 1. The number of hydrogen-bond donors (Lipinski definition) is 0. The van der Waals surface area contributed by atoms with E-state index in [1.54, 1.807) is 6.20 Å². The topological polar surface area (TPSA) is 58.4 Å². The normalized spacial score (nSPS) is 16.1. The summed E-state index contributed by atoms with van der Waals surface area (Å²) < 4.78 is 27.4. The van der Waals surface area contributed by atoms with E-state index in [0.29, 0.717) is 5.65 Å². The van der Waals surface area contributed by atoms with E-state index in [4.69, 9.17) is 4.98 Å². The second-order valence-corrected chi connectivity index (χ2v) is 10.1. The predicted octanol–water partition coefficient (Wildman–Crippen LogP) is 3.29. The lowest BCUT2D eigenvalue weighted by Gasteiger charge is -2.33. The van der Waals surface area contributed by atoms with E-state index < -0.39 is 10.0 Å². The summed E-state index contributed by atoms with van der Waals surface area (Å²) in [6.07, 6.45) is 1.65. The molecule has 3 heterocycles. The van der Waals surface area contributed by atoms with Gasteiger partial charge in [0.2, 0.25) is 10.0 Å². The molecule has 0 saturated carbocycles. The fraction of sp³-hybridized carbons (Fsp3) is 0.409. The predicted molar refractivity (Wildman–Crippen MR) is 119 cm³/mol. The molecule has 1 saturated heterocycles. The first kappa shape index (κ1) is 19.9. The molecular formula is C22H28N4O2S. The van der Waals surface area contributed by atoms with Gasteiger partial charge in [-0.3, -0.25) is 0 Å². The van der Waals surface area contributed by atoms with Gasteiger partial charge < -0.3 is 9.80 Å². The highest BCUT2D eigenvalue weighted by atomic mass is 32.2. The molecule has 1 fully saturated rings. The van der Waals surface area contributed by atoms with Gasteiger partial charge in [-0.15, -0.1) is 0 Å². The van der Waals surface area contributed by atoms with Gasteiger partial charge in [-0.25, -0.2) is 17.4 Å². The molecule has 0 spiro atoms. The Labute approximate surface area is 172 Å². The molecule has 0 atom stereocenters. The highest BCUT2D eigenvalue weighted by Gasteiger charge is 2.23. The average Bonchev–Trinajstić information content (AvgIpc) is 3.12. The summed E-state index contributed by atoms with van der Waals surface area (Å²) in [5.41, 5.74) is 2.60. The van der Waals surface area contributed by atoms with Crippen molar-refractivity contribution >= 4 is 26.9 Å². The van der Waals surface area contributed by atoms with Crippen molar-refractivity contribution in [1.82, 2.24) is 13.9 Å². The molecule has 1 aromatic carbocycles. The number of hydrogen-bond acceptors (Lipinski definition) is 5. The van der Waals surface area contributed by atoms with Crippen LogP contribution in [0.1, 0.15) is 13.8 Å². The van der Waals surface area contributed by atoms with Crippen molar-refractivity contribution in [2.24, 2.45) is 5.92 Å². The Kier molecular flexibility index (Phi) is 5.36. The summed E-state index contributed by atoms with van der Waals surface area (Å²) in [5.74, 6) is 0.980. The highest BCUT2D eigenvalue weighted by Crippen LogP contribution is 2.33. The SMILES string of the molecule is CC(C)CS(=O)(=O)n1ccc2c(-c3ccccc3)cc(N3CCN(C)CC3)nc21. The first-order valence-corrected chi connectivity index (χ1v) is 11.7. The lowest BCUT2D eigenvalue weighted by atomic mass is 10.0. The molecule has 4 rings (SSSR count). The van der Waals surface area contributed by atoms with Crippen molar-refractivity contribution in [2.75, 3.05) is 43.9 Å². The van der Waals surface area contributed by atoms with Crippen molar-refractivity contribution in [3.05, 3.63) is 48.7 Å². The van der Waals surface area contributed by atoms with Crippen LogP contribution in [0.2, 0.25) is 0 Å². The fourth-order valence-corrected chi connectivity index (χ4v) is 5.51. The fourth-order valence-electron chi connectivity index (χ4n) is 3.85. The highest BCUT2D eigenvalue weighted by molar-refractivity contribution is 7.90. The van der Waals surface area contributed by atoms with Crippen molar-refractivity contribution in [2.45, 2.75) is 13.8 Å². The maximum absolute atomic E-state index is 13.0. The Morgan fingerprint density at radius 1 is 1.03 bits per heavy atom. The Morgan fingerprint density at radius 2 is 1.72 bits per heavy atom. The summed E-state index contributed by atoms with van der Waals surface area (Å²) in [4.78, 5) is 9.38. The quantitative estimate of drug-likeness (QED) is 0.644. The van der Waals surface area contributed by atoms with Gasteiger partial charge >= 0.3 is 0 Å². The molecular weight excluding hydrogens is 384 g/mol. The Bertz CT molecular complexity index is 1100. The Morgan fingerprint density at radius 3 is 2.38 bits per heavy atom. The standard InChI is InChI=1S/C22H28N4O2S/c1-17(2)16-29(27,28)26-10-9-19-20(18-7-5-4-6-8-18)15-21(23-22(19)26)25-13-11-24(3)12-14-25/h4-10,15,17H,11-14,16H2,1-3H3. The number of aromatic nitrogens is 2. The molecule has 154 valence electrons.